The van der Waals surface area contributed by atoms with Crippen LogP contribution in [0, 0.1) is 5.41 Å². The molecule has 0 aromatic carbocycles. The summed E-state index contributed by atoms with van der Waals surface area (Å²) in [5.41, 5.74) is 5.08. The topological polar surface area (TPSA) is 63.3 Å². The second-order valence-electron chi connectivity index (χ2n) is 3.11. The van der Waals surface area contributed by atoms with Crippen LogP contribution in [0.1, 0.15) is 20.8 Å². The summed E-state index contributed by atoms with van der Waals surface area (Å²) in [6.45, 7) is 5.50. The summed E-state index contributed by atoms with van der Waals surface area (Å²) in [5, 5.41) is 0. The van der Waals surface area contributed by atoms with E-state index in [2.05, 4.69) is 0 Å². The molecule has 0 amide bonds. The van der Waals surface area contributed by atoms with Gasteiger partial charge in [0.1, 0.15) is 0 Å². The Bertz CT molecular complexity index is 119. The first kappa shape index (κ1) is 9.02. The smallest absolute Gasteiger partial charge is 0.284 e. The quantitative estimate of drug-likeness (QED) is 0.549. The van der Waals surface area contributed by atoms with Crippen LogP contribution in [-0.2, 0) is 4.57 Å². The summed E-state index contributed by atoms with van der Waals surface area (Å²) in [4.78, 5) is 8.54. The van der Waals surface area contributed by atoms with Gasteiger partial charge < -0.3 is 0 Å². The molecule has 0 spiro atoms. The third kappa shape index (κ3) is 2.89. The standard InChI is InChI=1S/C5H12NO2P/c1-5(2,3)4(6)9(7)8/h4H,6H2,1-3H3/p+1. The van der Waals surface area contributed by atoms with E-state index in [1.807, 2.05) is 20.8 Å². The van der Waals surface area contributed by atoms with E-state index in [1.54, 1.807) is 0 Å². The van der Waals surface area contributed by atoms with Crippen LogP contribution in [0.15, 0.2) is 0 Å². The SMILES string of the molecule is CC(C)(C)C(N)[P+](=O)O. The Hall–Kier alpha value is 0.0200. The molecule has 0 radical (unpaired) electrons. The van der Waals surface area contributed by atoms with E-state index >= 15 is 0 Å². The number of nitrogens with two attached hydrogens (primary N) is 1. The molecule has 0 saturated heterocycles. The van der Waals surface area contributed by atoms with Gasteiger partial charge in [-0.1, -0.05) is 20.8 Å². The molecule has 2 atom stereocenters. The monoisotopic (exact) mass is 150 g/mol. The highest BCUT2D eigenvalue weighted by atomic mass is 31.1. The van der Waals surface area contributed by atoms with Gasteiger partial charge >= 0.3 is 8.03 Å². The molecule has 0 aromatic heterocycles. The predicted molar refractivity (Wildman–Crippen MR) is 37.3 cm³/mol. The van der Waals surface area contributed by atoms with Crippen LogP contribution in [-0.4, -0.2) is 10.7 Å². The van der Waals surface area contributed by atoms with Crippen LogP contribution in [0.2, 0.25) is 0 Å². The maximum atomic E-state index is 10.4. The minimum atomic E-state index is -2.22. The highest BCUT2D eigenvalue weighted by Gasteiger charge is 2.36. The van der Waals surface area contributed by atoms with Gasteiger partial charge in [0.05, 0.1) is 0 Å². The number of hydrogen-bond donors (Lipinski definition) is 2. The van der Waals surface area contributed by atoms with E-state index in [0.29, 0.717) is 0 Å². The summed E-state index contributed by atoms with van der Waals surface area (Å²) in [7, 11) is -2.22. The Morgan fingerprint density at radius 2 is 1.89 bits per heavy atom. The first-order chi connectivity index (χ1) is 3.85. The summed E-state index contributed by atoms with van der Waals surface area (Å²) in [5.74, 6) is -0.618. The lowest BCUT2D eigenvalue weighted by molar-refractivity contribution is 0.364. The average Bonchev–Trinajstić information content (AvgIpc) is 1.62. The molecule has 2 unspecified atom stereocenters. The molecule has 9 heavy (non-hydrogen) atoms. The van der Waals surface area contributed by atoms with E-state index in [-0.39, 0.29) is 5.41 Å². The molecule has 4 heteroatoms. The third-order valence-electron chi connectivity index (χ3n) is 1.13. The van der Waals surface area contributed by atoms with Crippen molar-refractivity contribution in [3.8, 4) is 0 Å². The Morgan fingerprint density at radius 1 is 1.56 bits per heavy atom. The summed E-state index contributed by atoms with van der Waals surface area (Å²) < 4.78 is 10.4. The predicted octanol–water partition coefficient (Wildman–Crippen LogP) is 1.05. The van der Waals surface area contributed by atoms with Crippen LogP contribution >= 0.6 is 8.03 Å². The zero-order valence-corrected chi connectivity index (χ0v) is 6.85. The molecule has 0 fully saturated rings. The van der Waals surface area contributed by atoms with Crippen molar-refractivity contribution < 1.29 is 9.46 Å². The van der Waals surface area contributed by atoms with Gasteiger partial charge in [0, 0.05) is 5.41 Å². The highest BCUT2D eigenvalue weighted by molar-refractivity contribution is 7.38. The molecule has 0 heterocycles. The van der Waals surface area contributed by atoms with Gasteiger partial charge in [-0.25, -0.2) is 0 Å². The molecular formula is C5H13NO2P+. The summed E-state index contributed by atoms with van der Waals surface area (Å²) in [6, 6.07) is 0. The van der Waals surface area contributed by atoms with Crippen LogP contribution < -0.4 is 5.73 Å². The molecule has 3 N–H and O–H groups in total. The molecule has 0 saturated carbocycles. The van der Waals surface area contributed by atoms with Gasteiger partial charge in [0.25, 0.3) is 0 Å². The minimum Gasteiger partial charge on any atom is -0.284 e. The van der Waals surface area contributed by atoms with Crippen molar-refractivity contribution in [2.24, 2.45) is 11.1 Å². The fourth-order valence-corrected chi connectivity index (χ4v) is 0.994. The van der Waals surface area contributed by atoms with Crippen LogP contribution in [0.4, 0.5) is 0 Å². The van der Waals surface area contributed by atoms with Crippen molar-refractivity contribution in [1.82, 2.24) is 0 Å². The van der Waals surface area contributed by atoms with Gasteiger partial charge in [0.2, 0.25) is 5.78 Å². The fourth-order valence-electron chi connectivity index (χ4n) is 0.331. The molecule has 0 rings (SSSR count). The maximum Gasteiger partial charge on any atom is 0.524 e. The van der Waals surface area contributed by atoms with Gasteiger partial charge in [-0.2, -0.15) is 4.89 Å². The molecule has 3 nitrogen and oxygen atoms in total. The van der Waals surface area contributed by atoms with E-state index in [9.17, 15) is 4.57 Å². The first-order valence-electron chi connectivity index (χ1n) is 2.76. The Labute approximate surface area is 56.1 Å². The molecule has 0 aliphatic carbocycles. The first-order valence-corrected chi connectivity index (χ1v) is 4.04. The molecule has 54 valence electrons. The van der Waals surface area contributed by atoms with Crippen molar-refractivity contribution in [1.29, 1.82) is 0 Å². The molecule has 0 aromatic rings. The average molecular weight is 150 g/mol. The molecular weight excluding hydrogens is 137 g/mol. The lowest BCUT2D eigenvalue weighted by atomic mass is 9.97. The van der Waals surface area contributed by atoms with E-state index in [1.165, 1.54) is 0 Å². The van der Waals surface area contributed by atoms with Crippen molar-refractivity contribution in [2.75, 3.05) is 0 Å². The lowest BCUT2D eigenvalue weighted by Crippen LogP contribution is -2.31. The third-order valence-corrected chi connectivity index (χ3v) is 2.38. The molecule has 0 aliphatic heterocycles. The van der Waals surface area contributed by atoms with Gasteiger partial charge in [0.15, 0.2) is 0 Å². The van der Waals surface area contributed by atoms with Crippen molar-refractivity contribution >= 4 is 8.03 Å². The minimum absolute atomic E-state index is 0.276. The Morgan fingerprint density at radius 3 is 1.89 bits per heavy atom. The van der Waals surface area contributed by atoms with Crippen LogP contribution in [0.3, 0.4) is 0 Å². The maximum absolute atomic E-state index is 10.4. The second kappa shape index (κ2) is 2.74. The molecule has 0 bridgehead atoms. The van der Waals surface area contributed by atoms with Crippen molar-refractivity contribution in [3.05, 3.63) is 0 Å². The fraction of sp³-hybridized carbons (Fsp3) is 1.00. The second-order valence-corrected chi connectivity index (χ2v) is 4.27. The largest absolute Gasteiger partial charge is 0.524 e. The lowest BCUT2D eigenvalue weighted by Gasteiger charge is -2.15. The van der Waals surface area contributed by atoms with Gasteiger partial charge in [-0.05, 0) is 4.57 Å². The van der Waals surface area contributed by atoms with Crippen molar-refractivity contribution in [2.45, 2.75) is 26.6 Å². The zero-order valence-electron chi connectivity index (χ0n) is 5.96. The normalized spacial score (nSPS) is 17.2. The van der Waals surface area contributed by atoms with Crippen LogP contribution in [0.25, 0.3) is 0 Å². The summed E-state index contributed by atoms with van der Waals surface area (Å²) >= 11 is 0. The van der Waals surface area contributed by atoms with Crippen molar-refractivity contribution in [3.63, 3.8) is 0 Å². The highest BCUT2D eigenvalue weighted by Crippen LogP contribution is 2.32. The number of rotatable bonds is 1. The van der Waals surface area contributed by atoms with E-state index in [0.717, 1.165) is 0 Å². The van der Waals surface area contributed by atoms with E-state index in [4.69, 9.17) is 10.6 Å². The van der Waals surface area contributed by atoms with E-state index < -0.39 is 13.8 Å². The molecule has 0 aliphatic rings. The van der Waals surface area contributed by atoms with Crippen LogP contribution in [0.5, 0.6) is 0 Å². The number of hydrogen-bond acceptors (Lipinski definition) is 2. The Balaban J connectivity index is 4.04. The van der Waals surface area contributed by atoms with Gasteiger partial charge in [-0.3, -0.25) is 5.73 Å². The summed E-state index contributed by atoms with van der Waals surface area (Å²) in [6.07, 6.45) is 0. The zero-order chi connectivity index (χ0) is 7.65. The Kier molecular flexibility index (Phi) is 2.74. The van der Waals surface area contributed by atoms with Gasteiger partial charge in [-0.15, -0.1) is 0 Å².